The fourth-order valence-corrected chi connectivity index (χ4v) is 1.73. The summed E-state index contributed by atoms with van der Waals surface area (Å²) in [5.41, 5.74) is 0.478. The van der Waals surface area contributed by atoms with Crippen molar-refractivity contribution in [3.8, 4) is 0 Å². The van der Waals surface area contributed by atoms with E-state index in [2.05, 4.69) is 4.98 Å². The fraction of sp³-hybridized carbons (Fsp3) is 0. The average Bonchev–Trinajstić information content (AvgIpc) is 2.66. The van der Waals surface area contributed by atoms with Gasteiger partial charge in [-0.2, -0.15) is 0 Å². The summed E-state index contributed by atoms with van der Waals surface area (Å²) in [6.07, 6.45) is 1.38. The molecular formula is C11H6FNO2. The summed E-state index contributed by atoms with van der Waals surface area (Å²) in [7, 11) is 0. The minimum absolute atomic E-state index is 0.267. The molecule has 3 rings (SSSR count). The number of fused-ring (bicyclic) bond motifs is 3. The van der Waals surface area contributed by atoms with Gasteiger partial charge in [-0.15, -0.1) is 0 Å². The van der Waals surface area contributed by atoms with E-state index in [9.17, 15) is 9.18 Å². The predicted molar refractivity (Wildman–Crippen MR) is 54.3 cm³/mol. The molecule has 0 amide bonds. The second-order valence-electron chi connectivity index (χ2n) is 3.28. The van der Waals surface area contributed by atoms with Gasteiger partial charge in [0.1, 0.15) is 5.82 Å². The number of furan rings is 1. The Morgan fingerprint density at radius 2 is 2.13 bits per heavy atom. The third-order valence-electron chi connectivity index (χ3n) is 2.40. The molecule has 0 bridgehead atoms. The molecule has 2 aromatic heterocycles. The number of aromatic nitrogens is 1. The van der Waals surface area contributed by atoms with Crippen molar-refractivity contribution in [1.82, 2.24) is 4.98 Å². The second kappa shape index (κ2) is 2.70. The van der Waals surface area contributed by atoms with E-state index in [-0.39, 0.29) is 5.56 Å². The molecule has 0 atom stereocenters. The van der Waals surface area contributed by atoms with Crippen LogP contribution >= 0.6 is 0 Å². The molecule has 0 spiro atoms. The van der Waals surface area contributed by atoms with Crippen LogP contribution in [0.5, 0.6) is 0 Å². The van der Waals surface area contributed by atoms with E-state index in [1.807, 2.05) is 0 Å². The van der Waals surface area contributed by atoms with Gasteiger partial charge < -0.3 is 9.40 Å². The third-order valence-corrected chi connectivity index (χ3v) is 2.40. The van der Waals surface area contributed by atoms with E-state index in [4.69, 9.17) is 4.42 Å². The quantitative estimate of drug-likeness (QED) is 0.609. The number of pyridine rings is 1. The second-order valence-corrected chi connectivity index (χ2v) is 3.28. The molecule has 0 fully saturated rings. The molecular weight excluding hydrogens is 197 g/mol. The lowest BCUT2D eigenvalue weighted by Crippen LogP contribution is -2.05. The van der Waals surface area contributed by atoms with Crippen molar-refractivity contribution in [2.24, 2.45) is 0 Å². The van der Waals surface area contributed by atoms with Crippen LogP contribution in [0.25, 0.3) is 21.9 Å². The molecule has 1 aromatic carbocycles. The summed E-state index contributed by atoms with van der Waals surface area (Å²) in [6.45, 7) is 0. The normalized spacial score (nSPS) is 11.3. The molecule has 0 saturated carbocycles. The summed E-state index contributed by atoms with van der Waals surface area (Å²) in [5.74, 6) is -0.399. The number of H-pyrrole nitrogens is 1. The number of aromatic amines is 1. The van der Waals surface area contributed by atoms with Gasteiger partial charge in [0, 0.05) is 0 Å². The number of rotatable bonds is 0. The molecule has 74 valence electrons. The first-order valence-electron chi connectivity index (χ1n) is 4.45. The Balaban J connectivity index is 2.74. The molecule has 3 aromatic rings. The average molecular weight is 203 g/mol. The molecule has 0 aliphatic carbocycles. The van der Waals surface area contributed by atoms with Crippen LogP contribution in [0.1, 0.15) is 0 Å². The molecule has 0 aliphatic rings. The van der Waals surface area contributed by atoms with Gasteiger partial charge in [-0.3, -0.25) is 4.79 Å². The van der Waals surface area contributed by atoms with Crippen molar-refractivity contribution in [1.29, 1.82) is 0 Å². The van der Waals surface area contributed by atoms with Crippen LogP contribution in [0, 0.1) is 5.82 Å². The van der Waals surface area contributed by atoms with Crippen LogP contribution < -0.4 is 5.56 Å². The summed E-state index contributed by atoms with van der Waals surface area (Å²) in [5, 5.41) is 0.685. The van der Waals surface area contributed by atoms with Crippen molar-refractivity contribution in [3.05, 3.63) is 46.7 Å². The Hall–Kier alpha value is -2.10. The van der Waals surface area contributed by atoms with E-state index in [0.717, 1.165) is 0 Å². The Bertz CT molecular complexity index is 711. The minimum Gasteiger partial charge on any atom is -0.463 e. The molecule has 1 N–H and O–H groups in total. The van der Waals surface area contributed by atoms with Gasteiger partial charge in [0.05, 0.1) is 22.6 Å². The maximum Gasteiger partial charge on any atom is 0.259 e. The molecule has 0 saturated heterocycles. The van der Waals surface area contributed by atoms with Crippen molar-refractivity contribution in [2.75, 3.05) is 0 Å². The van der Waals surface area contributed by atoms with Crippen LogP contribution in [0.4, 0.5) is 4.39 Å². The number of nitrogens with one attached hydrogen (secondary N) is 1. The van der Waals surface area contributed by atoms with Crippen molar-refractivity contribution in [3.63, 3.8) is 0 Å². The van der Waals surface area contributed by atoms with Gasteiger partial charge >= 0.3 is 0 Å². The Morgan fingerprint density at radius 3 is 3.00 bits per heavy atom. The molecule has 0 radical (unpaired) electrons. The third kappa shape index (κ3) is 1.01. The molecule has 0 unspecified atom stereocenters. The Labute approximate surface area is 83.1 Å². The lowest BCUT2D eigenvalue weighted by Gasteiger charge is -1.99. The Kier molecular flexibility index (Phi) is 1.48. The van der Waals surface area contributed by atoms with Gasteiger partial charge in [-0.1, -0.05) is 6.07 Å². The first kappa shape index (κ1) is 8.23. The minimum atomic E-state index is -0.399. The van der Waals surface area contributed by atoms with Crippen LogP contribution in [-0.4, -0.2) is 4.98 Å². The Morgan fingerprint density at radius 1 is 1.27 bits per heavy atom. The lowest BCUT2D eigenvalue weighted by molar-refractivity contribution is 0.609. The fourth-order valence-electron chi connectivity index (χ4n) is 1.73. The first-order chi connectivity index (χ1) is 7.27. The number of hydrogen-bond acceptors (Lipinski definition) is 2. The zero-order valence-electron chi connectivity index (χ0n) is 7.58. The van der Waals surface area contributed by atoms with Crippen LogP contribution in [0.15, 0.2) is 39.7 Å². The van der Waals surface area contributed by atoms with Gasteiger partial charge in [-0.05, 0) is 18.2 Å². The maximum absolute atomic E-state index is 13.5. The highest BCUT2D eigenvalue weighted by atomic mass is 19.1. The van der Waals surface area contributed by atoms with E-state index >= 15 is 0 Å². The lowest BCUT2D eigenvalue weighted by atomic mass is 10.1. The van der Waals surface area contributed by atoms with Gasteiger partial charge in [0.2, 0.25) is 0 Å². The topological polar surface area (TPSA) is 46.0 Å². The van der Waals surface area contributed by atoms with Crippen molar-refractivity contribution in [2.45, 2.75) is 0 Å². The number of benzene rings is 1. The monoisotopic (exact) mass is 203 g/mol. The molecule has 2 heterocycles. The predicted octanol–water partition coefficient (Wildman–Crippen LogP) is 2.41. The van der Waals surface area contributed by atoms with Crippen molar-refractivity contribution < 1.29 is 8.81 Å². The highest BCUT2D eigenvalue weighted by Crippen LogP contribution is 2.23. The van der Waals surface area contributed by atoms with Gasteiger partial charge in [0.25, 0.3) is 5.56 Å². The zero-order chi connectivity index (χ0) is 10.4. The van der Waals surface area contributed by atoms with Crippen LogP contribution in [-0.2, 0) is 0 Å². The van der Waals surface area contributed by atoms with E-state index < -0.39 is 5.82 Å². The van der Waals surface area contributed by atoms with Crippen LogP contribution in [0.3, 0.4) is 0 Å². The summed E-state index contributed by atoms with van der Waals surface area (Å²) in [4.78, 5) is 14.1. The molecule has 15 heavy (non-hydrogen) atoms. The van der Waals surface area contributed by atoms with Gasteiger partial charge in [-0.25, -0.2) is 4.39 Å². The summed E-state index contributed by atoms with van der Waals surface area (Å²) < 4.78 is 18.7. The maximum atomic E-state index is 13.5. The summed E-state index contributed by atoms with van der Waals surface area (Å²) >= 11 is 0. The highest BCUT2D eigenvalue weighted by molar-refractivity contribution is 6.01. The van der Waals surface area contributed by atoms with E-state index in [1.54, 1.807) is 12.1 Å². The van der Waals surface area contributed by atoms with E-state index in [0.29, 0.717) is 21.9 Å². The first-order valence-corrected chi connectivity index (χ1v) is 4.45. The van der Waals surface area contributed by atoms with Gasteiger partial charge in [0.15, 0.2) is 5.58 Å². The number of hydrogen-bond donors (Lipinski definition) is 1. The number of halogens is 1. The smallest absolute Gasteiger partial charge is 0.259 e. The summed E-state index contributed by atoms with van der Waals surface area (Å²) in [6, 6.07) is 6.05. The standard InChI is InChI=1S/C11H6FNO2/c12-7-2-1-3-8-9(7)10-6(4-5-15-10)11(14)13-8/h1-5H,(H,13,14). The molecule has 3 nitrogen and oxygen atoms in total. The largest absolute Gasteiger partial charge is 0.463 e. The zero-order valence-corrected chi connectivity index (χ0v) is 7.58. The molecule has 4 heteroatoms. The SMILES string of the molecule is O=c1[nH]c2cccc(F)c2c2occc12. The highest BCUT2D eigenvalue weighted by Gasteiger charge is 2.10. The van der Waals surface area contributed by atoms with Crippen LogP contribution in [0.2, 0.25) is 0 Å². The molecule has 0 aliphatic heterocycles. The van der Waals surface area contributed by atoms with E-state index in [1.165, 1.54) is 18.4 Å². The van der Waals surface area contributed by atoms with Crippen molar-refractivity contribution >= 4 is 21.9 Å².